The minimum absolute atomic E-state index is 0.194. The van der Waals surface area contributed by atoms with Crippen LogP contribution in [0.3, 0.4) is 0 Å². The van der Waals surface area contributed by atoms with E-state index in [2.05, 4.69) is 0 Å². The first kappa shape index (κ1) is 14.5. The zero-order chi connectivity index (χ0) is 17.3. The van der Waals surface area contributed by atoms with Gasteiger partial charge < -0.3 is 14.2 Å². The third kappa shape index (κ3) is 1.73. The summed E-state index contributed by atoms with van der Waals surface area (Å²) < 4.78 is 15.8. The molecule has 1 saturated heterocycles. The summed E-state index contributed by atoms with van der Waals surface area (Å²) in [5, 5.41) is 0. The first-order valence-corrected chi connectivity index (χ1v) is 8.25. The second kappa shape index (κ2) is 4.85. The molecule has 0 saturated carbocycles. The summed E-state index contributed by atoms with van der Waals surface area (Å²) in [5.74, 6) is -0.651. The lowest BCUT2D eigenvalue weighted by atomic mass is 9.55. The summed E-state index contributed by atoms with van der Waals surface area (Å²) in [7, 11) is 3.25. The van der Waals surface area contributed by atoms with Crippen molar-refractivity contribution in [1.29, 1.82) is 0 Å². The second-order valence-corrected chi connectivity index (χ2v) is 6.74. The molecule has 5 heteroatoms. The fourth-order valence-electron chi connectivity index (χ4n) is 4.79. The number of cyclic esters (lactones) is 2. The Morgan fingerprint density at radius 1 is 0.720 bits per heavy atom. The van der Waals surface area contributed by atoms with Crippen LogP contribution in [0.5, 0.6) is 11.5 Å². The number of hydrogen-bond donors (Lipinski definition) is 0. The number of carbonyl (C=O) groups is 2. The van der Waals surface area contributed by atoms with Gasteiger partial charge in [0.05, 0.1) is 26.1 Å². The first-order valence-electron chi connectivity index (χ1n) is 8.25. The van der Waals surface area contributed by atoms with Crippen molar-refractivity contribution in [3.63, 3.8) is 0 Å². The Balaban J connectivity index is 1.81. The Morgan fingerprint density at radius 2 is 1.16 bits per heavy atom. The molecule has 25 heavy (non-hydrogen) atoms. The van der Waals surface area contributed by atoms with Gasteiger partial charge in [0.1, 0.15) is 11.5 Å². The molecule has 4 atom stereocenters. The lowest BCUT2D eigenvalue weighted by Crippen LogP contribution is -2.41. The Bertz CT molecular complexity index is 856. The van der Waals surface area contributed by atoms with Crippen LogP contribution in [-0.4, -0.2) is 26.2 Å². The Labute approximate surface area is 144 Å². The van der Waals surface area contributed by atoms with Crippen molar-refractivity contribution in [1.82, 2.24) is 0 Å². The molecule has 2 bridgehead atoms. The van der Waals surface area contributed by atoms with Gasteiger partial charge in [-0.15, -0.1) is 0 Å². The van der Waals surface area contributed by atoms with Crippen LogP contribution in [0.2, 0.25) is 0 Å². The molecular weight excluding hydrogens is 320 g/mol. The van der Waals surface area contributed by atoms with Gasteiger partial charge >= 0.3 is 11.9 Å². The maximum atomic E-state index is 12.4. The lowest BCUT2D eigenvalue weighted by molar-refractivity contribution is -0.153. The molecule has 2 aromatic rings. The summed E-state index contributed by atoms with van der Waals surface area (Å²) in [6.07, 6.45) is 0. The van der Waals surface area contributed by atoms with Crippen LogP contribution in [-0.2, 0) is 14.3 Å². The van der Waals surface area contributed by atoms with Crippen LogP contribution in [0.15, 0.2) is 36.4 Å². The van der Waals surface area contributed by atoms with Crippen LogP contribution in [0.25, 0.3) is 0 Å². The van der Waals surface area contributed by atoms with Gasteiger partial charge in [-0.05, 0) is 46.5 Å². The summed E-state index contributed by atoms with van der Waals surface area (Å²) in [6.45, 7) is 0. The SMILES string of the molecule is COc1ccc2c(c1)C1c3ccc(OC)cc3C2C2C(=O)OC(=O)C12. The summed E-state index contributed by atoms with van der Waals surface area (Å²) >= 11 is 0. The Kier molecular flexibility index (Phi) is 2.82. The van der Waals surface area contributed by atoms with E-state index in [0.717, 1.165) is 33.8 Å². The number of hydrogen-bond acceptors (Lipinski definition) is 5. The van der Waals surface area contributed by atoms with Crippen molar-refractivity contribution < 1.29 is 23.8 Å². The summed E-state index contributed by atoms with van der Waals surface area (Å²) in [6, 6.07) is 11.8. The van der Waals surface area contributed by atoms with E-state index in [4.69, 9.17) is 14.2 Å². The third-order valence-corrected chi connectivity index (χ3v) is 5.78. The molecule has 2 aromatic carbocycles. The zero-order valence-electron chi connectivity index (χ0n) is 13.8. The van der Waals surface area contributed by atoms with Gasteiger partial charge in [0.2, 0.25) is 0 Å². The molecule has 1 aliphatic heterocycles. The van der Waals surface area contributed by atoms with Gasteiger partial charge in [0.25, 0.3) is 0 Å². The van der Waals surface area contributed by atoms with Gasteiger partial charge in [-0.25, -0.2) is 0 Å². The molecule has 0 amide bonds. The van der Waals surface area contributed by atoms with E-state index >= 15 is 0 Å². The molecular formula is C20H16O5. The van der Waals surface area contributed by atoms with E-state index in [1.165, 1.54) is 0 Å². The molecule has 5 nitrogen and oxygen atoms in total. The monoisotopic (exact) mass is 336 g/mol. The maximum Gasteiger partial charge on any atom is 0.318 e. The average Bonchev–Trinajstić information content (AvgIpc) is 2.95. The number of ether oxygens (including phenoxy) is 3. The van der Waals surface area contributed by atoms with E-state index in [9.17, 15) is 9.59 Å². The number of esters is 2. The normalized spacial score (nSPS) is 28.1. The highest BCUT2D eigenvalue weighted by Crippen LogP contribution is 2.61. The van der Waals surface area contributed by atoms with Crippen molar-refractivity contribution in [2.24, 2.45) is 11.8 Å². The highest BCUT2D eigenvalue weighted by Gasteiger charge is 2.60. The highest BCUT2D eigenvalue weighted by molar-refractivity contribution is 6.00. The summed E-state index contributed by atoms with van der Waals surface area (Å²) in [4.78, 5) is 24.8. The number of methoxy groups -OCH3 is 2. The number of carbonyl (C=O) groups excluding carboxylic acids is 2. The quantitative estimate of drug-likeness (QED) is 0.623. The van der Waals surface area contributed by atoms with E-state index in [-0.39, 0.29) is 11.8 Å². The van der Waals surface area contributed by atoms with Crippen LogP contribution in [0.4, 0.5) is 0 Å². The molecule has 0 N–H and O–H groups in total. The predicted octanol–water partition coefficient (Wildman–Crippen LogP) is 2.61. The fraction of sp³-hybridized carbons (Fsp3) is 0.300. The van der Waals surface area contributed by atoms with Crippen LogP contribution >= 0.6 is 0 Å². The topological polar surface area (TPSA) is 61.8 Å². The van der Waals surface area contributed by atoms with Gasteiger partial charge in [0.15, 0.2) is 0 Å². The number of benzene rings is 2. The molecule has 0 aromatic heterocycles. The van der Waals surface area contributed by atoms with Crippen molar-refractivity contribution >= 4 is 11.9 Å². The minimum atomic E-state index is -0.460. The standard InChI is InChI=1S/C20H16O5/c1-23-9-3-5-11-13(7-9)15-12-6-4-10(24-2)8-14(12)16(11)18-17(15)19(21)25-20(18)22/h3-8,15-18H,1-2H3. The zero-order valence-corrected chi connectivity index (χ0v) is 13.8. The summed E-state index contributed by atoms with van der Waals surface area (Å²) in [5.41, 5.74) is 4.24. The Hall–Kier alpha value is -2.82. The van der Waals surface area contributed by atoms with Gasteiger partial charge in [-0.3, -0.25) is 9.59 Å². The van der Waals surface area contributed by atoms with E-state index < -0.39 is 23.8 Å². The minimum Gasteiger partial charge on any atom is -0.497 e. The van der Waals surface area contributed by atoms with Crippen LogP contribution in [0, 0.1) is 11.8 Å². The molecule has 6 rings (SSSR count). The van der Waals surface area contributed by atoms with Crippen LogP contribution < -0.4 is 9.47 Å². The molecule has 0 radical (unpaired) electrons. The van der Waals surface area contributed by atoms with Gasteiger partial charge in [0, 0.05) is 11.8 Å². The van der Waals surface area contributed by atoms with Crippen molar-refractivity contribution in [3.8, 4) is 11.5 Å². The Morgan fingerprint density at radius 3 is 1.56 bits per heavy atom. The fourth-order valence-corrected chi connectivity index (χ4v) is 4.79. The van der Waals surface area contributed by atoms with Crippen LogP contribution in [0.1, 0.15) is 34.1 Å². The van der Waals surface area contributed by atoms with Crippen molar-refractivity contribution in [2.45, 2.75) is 11.8 Å². The van der Waals surface area contributed by atoms with Gasteiger partial charge in [-0.1, -0.05) is 12.1 Å². The second-order valence-electron chi connectivity index (χ2n) is 6.74. The predicted molar refractivity (Wildman–Crippen MR) is 87.8 cm³/mol. The maximum absolute atomic E-state index is 12.4. The van der Waals surface area contributed by atoms with Crippen molar-refractivity contribution in [3.05, 3.63) is 58.7 Å². The molecule has 1 heterocycles. The van der Waals surface area contributed by atoms with E-state index in [1.807, 2.05) is 36.4 Å². The first-order chi connectivity index (χ1) is 12.1. The third-order valence-electron chi connectivity index (χ3n) is 5.78. The lowest BCUT2D eigenvalue weighted by Gasteiger charge is -2.45. The smallest absolute Gasteiger partial charge is 0.318 e. The molecule has 4 unspecified atom stereocenters. The van der Waals surface area contributed by atoms with Gasteiger partial charge in [-0.2, -0.15) is 0 Å². The highest BCUT2D eigenvalue weighted by atomic mass is 16.6. The largest absolute Gasteiger partial charge is 0.497 e. The van der Waals surface area contributed by atoms with Crippen molar-refractivity contribution in [2.75, 3.05) is 14.2 Å². The van der Waals surface area contributed by atoms with E-state index in [1.54, 1.807) is 14.2 Å². The molecule has 126 valence electrons. The molecule has 0 spiro atoms. The number of rotatable bonds is 2. The molecule has 1 fully saturated rings. The van der Waals surface area contributed by atoms with E-state index in [0.29, 0.717) is 0 Å². The average molecular weight is 336 g/mol. The molecule has 3 aliphatic carbocycles. The molecule has 4 aliphatic rings.